The number of allylic oxidation sites excluding steroid dienone is 4. The van der Waals surface area contributed by atoms with Crippen LogP contribution in [0.15, 0.2) is 66.8 Å². The van der Waals surface area contributed by atoms with Crippen molar-refractivity contribution in [1.29, 1.82) is 16.1 Å². The van der Waals surface area contributed by atoms with Gasteiger partial charge in [-0.3, -0.25) is 10.8 Å². The Morgan fingerprint density at radius 3 is 1.96 bits per heavy atom. The van der Waals surface area contributed by atoms with Crippen molar-refractivity contribution in [3.63, 3.8) is 0 Å². The second-order valence-corrected chi connectivity index (χ2v) is 6.28. The smallest absolute Gasteiger partial charge is 0.209 e. The average Bonchev–Trinajstić information content (AvgIpc) is 2.65. The lowest BCUT2D eigenvalue weighted by atomic mass is 10.1. The monoisotopic (exact) mass is 398 g/mol. The van der Waals surface area contributed by atoms with Gasteiger partial charge in [-0.25, -0.2) is 0 Å². The number of rotatable bonds is 3. The van der Waals surface area contributed by atoms with E-state index in [4.69, 9.17) is 44.5 Å². The number of hydrogen-bond acceptors (Lipinski definition) is 5. The molecule has 2 aromatic carbocycles. The van der Waals surface area contributed by atoms with Crippen LogP contribution in [-0.2, 0) is 0 Å². The molecule has 1 aliphatic rings. The van der Waals surface area contributed by atoms with Gasteiger partial charge in [-0.05, 0) is 42.5 Å². The van der Waals surface area contributed by atoms with Crippen molar-refractivity contribution in [1.82, 2.24) is 0 Å². The lowest BCUT2D eigenvalue weighted by Crippen LogP contribution is -2.06. The van der Waals surface area contributed by atoms with E-state index in [1.807, 2.05) is 0 Å². The van der Waals surface area contributed by atoms with Crippen molar-refractivity contribution in [3.05, 3.63) is 82.4 Å². The maximum absolute atomic E-state index is 9.18. The van der Waals surface area contributed by atoms with E-state index >= 15 is 0 Å². The molecule has 7 heteroatoms. The highest BCUT2D eigenvalue weighted by atomic mass is 35.5. The second-order valence-electron chi connectivity index (χ2n) is 5.41. The van der Waals surface area contributed by atoms with Crippen LogP contribution in [0.3, 0.4) is 0 Å². The molecule has 0 fully saturated rings. The molecule has 1 unspecified atom stereocenters. The van der Waals surface area contributed by atoms with Crippen molar-refractivity contribution >= 4 is 40.3 Å². The van der Waals surface area contributed by atoms with Gasteiger partial charge in [0.05, 0.1) is 17.1 Å². The van der Waals surface area contributed by atoms with Gasteiger partial charge in [-0.1, -0.05) is 47.5 Å². The van der Waals surface area contributed by atoms with Crippen molar-refractivity contribution < 1.29 is 4.74 Å². The number of benzene rings is 2. The molecule has 0 radical (unpaired) electrons. The molecule has 0 saturated heterocycles. The molecule has 1 aliphatic carbocycles. The summed E-state index contributed by atoms with van der Waals surface area (Å²) >= 11 is 11.6. The minimum absolute atomic E-state index is 0.285. The average molecular weight is 399 g/mol. The van der Waals surface area contributed by atoms with Gasteiger partial charge in [0, 0.05) is 15.6 Å². The first kappa shape index (κ1) is 20.2. The zero-order chi connectivity index (χ0) is 19.8. The molecule has 27 heavy (non-hydrogen) atoms. The molecular weight excluding hydrogens is 383 g/mol. The van der Waals surface area contributed by atoms with E-state index in [1.54, 1.807) is 66.8 Å². The van der Waals surface area contributed by atoms with Gasteiger partial charge in [0.25, 0.3) is 0 Å². The Kier molecular flexibility index (Phi) is 7.18. The molecule has 5 nitrogen and oxygen atoms in total. The number of anilines is 1. The topological polar surface area (TPSA) is 107 Å². The highest BCUT2D eigenvalue weighted by Gasteiger charge is 2.14. The first-order chi connectivity index (χ1) is 12.9. The van der Waals surface area contributed by atoms with Gasteiger partial charge in [0.2, 0.25) is 6.10 Å². The van der Waals surface area contributed by atoms with Gasteiger partial charge >= 0.3 is 0 Å². The molecule has 1 atom stereocenters. The summed E-state index contributed by atoms with van der Waals surface area (Å²) in [6.45, 7) is 0. The third-order valence-corrected chi connectivity index (χ3v) is 3.92. The van der Waals surface area contributed by atoms with Crippen molar-refractivity contribution in [2.24, 2.45) is 0 Å². The highest BCUT2D eigenvalue weighted by molar-refractivity contribution is 6.48. The van der Waals surface area contributed by atoms with E-state index < -0.39 is 6.10 Å². The van der Waals surface area contributed by atoms with E-state index in [0.717, 1.165) is 0 Å². The van der Waals surface area contributed by atoms with Gasteiger partial charge in [-0.15, -0.1) is 0 Å². The van der Waals surface area contributed by atoms with Crippen LogP contribution in [0, 0.1) is 22.1 Å². The van der Waals surface area contributed by atoms with Gasteiger partial charge in [0.15, 0.2) is 0 Å². The zero-order valence-corrected chi connectivity index (χ0v) is 15.6. The summed E-state index contributed by atoms with van der Waals surface area (Å²) in [5.74, 6) is 0.422. The van der Waals surface area contributed by atoms with Gasteiger partial charge in [0.1, 0.15) is 11.8 Å². The number of nitrogens with zero attached hydrogens (tertiary/aromatic N) is 1. The van der Waals surface area contributed by atoms with Crippen LogP contribution in [-0.4, -0.2) is 11.4 Å². The maximum atomic E-state index is 9.18. The number of nitrogens with one attached hydrogen (secondary N) is 2. The Morgan fingerprint density at radius 1 is 0.926 bits per heavy atom. The van der Waals surface area contributed by atoms with Crippen molar-refractivity contribution in [2.75, 3.05) is 5.73 Å². The number of halogens is 2. The molecule has 3 rings (SSSR count). The Bertz CT molecular complexity index is 921. The lowest BCUT2D eigenvalue weighted by molar-refractivity contribution is 0.264. The van der Waals surface area contributed by atoms with E-state index in [9.17, 15) is 5.26 Å². The van der Waals surface area contributed by atoms with Crippen molar-refractivity contribution in [2.45, 2.75) is 6.10 Å². The summed E-state index contributed by atoms with van der Waals surface area (Å²) in [6.07, 6.45) is 5.95. The number of nitrogens with two attached hydrogens (primary N) is 1. The van der Waals surface area contributed by atoms with Crippen LogP contribution in [0.5, 0.6) is 5.75 Å². The summed E-state index contributed by atoms with van der Waals surface area (Å²) in [5, 5.41) is 24.4. The van der Waals surface area contributed by atoms with Crippen LogP contribution in [0.4, 0.5) is 5.69 Å². The molecule has 0 saturated carbocycles. The SMILES string of the molecule is N#CC(Oc1ccc(Cl)cc1N)c1ccc(Cl)cc1.N=C1C=CC=CC1=N. The molecule has 0 heterocycles. The fraction of sp³-hybridized carbons (Fsp3) is 0.0500. The van der Waals surface area contributed by atoms with E-state index in [2.05, 4.69) is 6.07 Å². The van der Waals surface area contributed by atoms with E-state index in [1.165, 1.54) is 0 Å². The highest BCUT2D eigenvalue weighted by Crippen LogP contribution is 2.29. The predicted molar refractivity (Wildman–Crippen MR) is 110 cm³/mol. The largest absolute Gasteiger partial charge is 0.469 e. The fourth-order valence-corrected chi connectivity index (χ4v) is 2.35. The van der Waals surface area contributed by atoms with Crippen LogP contribution in [0.2, 0.25) is 10.0 Å². The number of hydrogen-bond donors (Lipinski definition) is 3. The van der Waals surface area contributed by atoms with Crippen LogP contribution in [0.25, 0.3) is 0 Å². The summed E-state index contributed by atoms with van der Waals surface area (Å²) in [5.41, 5.74) is 7.46. The molecule has 136 valence electrons. The molecule has 2 aromatic rings. The molecule has 0 spiro atoms. The fourth-order valence-electron chi connectivity index (χ4n) is 2.04. The normalized spacial score (nSPS) is 13.4. The zero-order valence-electron chi connectivity index (χ0n) is 14.1. The minimum atomic E-state index is -0.749. The van der Waals surface area contributed by atoms with Gasteiger partial charge in [-0.2, -0.15) is 5.26 Å². The number of nitriles is 1. The van der Waals surface area contributed by atoms with E-state index in [0.29, 0.717) is 27.0 Å². The second kappa shape index (κ2) is 9.58. The van der Waals surface area contributed by atoms with Crippen molar-refractivity contribution in [3.8, 4) is 11.8 Å². The Labute approximate surface area is 167 Å². The molecular formula is C20H16Cl2N4O. The maximum Gasteiger partial charge on any atom is 0.209 e. The molecule has 0 amide bonds. The molecule has 0 aliphatic heterocycles. The molecule has 4 N–H and O–H groups in total. The quantitative estimate of drug-likeness (QED) is 0.477. The standard InChI is InChI=1S/C14H10Cl2N2O.C6H6N2/c15-10-3-1-9(2-4-10)14(8-17)19-13-6-5-11(16)7-12(13)18;7-5-3-1-2-4-6(5)8/h1-7,14H,18H2;1-4,7-8H. The third kappa shape index (κ3) is 6.00. The minimum Gasteiger partial charge on any atom is -0.469 e. The van der Waals surface area contributed by atoms with Crippen LogP contribution in [0.1, 0.15) is 11.7 Å². The number of nitrogen functional groups attached to an aromatic ring is 1. The van der Waals surface area contributed by atoms with Gasteiger partial charge < -0.3 is 10.5 Å². The Morgan fingerprint density at radius 2 is 1.48 bits per heavy atom. The Hall–Kier alpha value is -3.07. The molecule has 0 aromatic heterocycles. The number of ether oxygens (including phenoxy) is 1. The first-order valence-electron chi connectivity index (χ1n) is 7.79. The first-order valence-corrected chi connectivity index (χ1v) is 8.55. The summed E-state index contributed by atoms with van der Waals surface area (Å²) in [4.78, 5) is 0. The van der Waals surface area contributed by atoms with E-state index in [-0.39, 0.29) is 11.4 Å². The summed E-state index contributed by atoms with van der Waals surface area (Å²) < 4.78 is 5.59. The lowest BCUT2D eigenvalue weighted by Gasteiger charge is -2.14. The molecule has 0 bridgehead atoms. The van der Waals surface area contributed by atoms with Crippen LogP contribution >= 0.6 is 23.2 Å². The predicted octanol–water partition coefficient (Wildman–Crippen LogP) is 5.37. The Balaban J connectivity index is 0.000000273. The van der Waals surface area contributed by atoms with Crippen LogP contribution < -0.4 is 10.5 Å². The summed E-state index contributed by atoms with van der Waals surface area (Å²) in [6, 6.07) is 13.8. The third-order valence-electron chi connectivity index (χ3n) is 3.43. The summed E-state index contributed by atoms with van der Waals surface area (Å²) in [7, 11) is 0.